The molecule has 0 N–H and O–H groups in total. The first-order valence-corrected chi connectivity index (χ1v) is 6.87. The van der Waals surface area contributed by atoms with Crippen molar-refractivity contribution < 1.29 is 14.3 Å². The molecule has 1 unspecified atom stereocenters. The van der Waals surface area contributed by atoms with Gasteiger partial charge in [-0.15, -0.1) is 0 Å². The number of ether oxygens (including phenoxy) is 1. The summed E-state index contributed by atoms with van der Waals surface area (Å²) in [4.78, 5) is 25.3. The van der Waals surface area contributed by atoms with Crippen LogP contribution in [0.1, 0.15) is 45.6 Å². The Bertz CT molecular complexity index is 531. The number of ketones is 1. The van der Waals surface area contributed by atoms with E-state index in [9.17, 15) is 9.59 Å². The largest absolute Gasteiger partial charge is 0.443 e. The molecule has 108 valence electrons. The molecule has 0 aliphatic carbocycles. The lowest BCUT2D eigenvalue weighted by Crippen LogP contribution is -2.36. The first-order valence-electron chi connectivity index (χ1n) is 6.87. The van der Waals surface area contributed by atoms with Gasteiger partial charge in [0.2, 0.25) is 0 Å². The number of nitrogens with zero attached hydrogens (tertiary/aromatic N) is 1. The summed E-state index contributed by atoms with van der Waals surface area (Å²) in [5.74, 6) is 0.201. The lowest BCUT2D eigenvalue weighted by Gasteiger charge is -2.25. The van der Waals surface area contributed by atoms with Crippen LogP contribution in [-0.4, -0.2) is 24.0 Å². The second kappa shape index (κ2) is 5.27. The molecule has 0 fully saturated rings. The molecule has 1 amide bonds. The topological polar surface area (TPSA) is 46.6 Å². The van der Waals surface area contributed by atoms with Crippen LogP contribution < -0.4 is 4.90 Å². The van der Waals surface area contributed by atoms with Gasteiger partial charge in [-0.25, -0.2) is 4.79 Å². The van der Waals surface area contributed by atoms with Gasteiger partial charge in [0.1, 0.15) is 11.4 Å². The van der Waals surface area contributed by atoms with E-state index in [1.807, 2.05) is 45.0 Å². The highest BCUT2D eigenvalue weighted by Gasteiger charge is 2.34. The number of rotatable bonds is 2. The number of amides is 1. The number of hydrogen-bond acceptors (Lipinski definition) is 3. The zero-order chi connectivity index (χ0) is 14.9. The smallest absolute Gasteiger partial charge is 0.414 e. The second-order valence-corrected chi connectivity index (χ2v) is 6.25. The SMILES string of the molecule is CC(=O)CC1CN(C(=O)OC(C)(C)C)c2ccccc21. The maximum absolute atomic E-state index is 12.3. The van der Waals surface area contributed by atoms with Gasteiger partial charge >= 0.3 is 6.09 Å². The second-order valence-electron chi connectivity index (χ2n) is 6.25. The predicted octanol–water partition coefficient (Wildman–Crippen LogP) is 3.50. The molecule has 0 radical (unpaired) electrons. The molecule has 1 aliphatic heterocycles. The van der Waals surface area contributed by atoms with Gasteiger partial charge in [-0.2, -0.15) is 0 Å². The molecule has 2 rings (SSSR count). The van der Waals surface area contributed by atoms with E-state index in [4.69, 9.17) is 4.74 Å². The minimum absolute atomic E-state index is 0.0659. The van der Waals surface area contributed by atoms with E-state index in [2.05, 4.69) is 0 Å². The first-order chi connectivity index (χ1) is 9.28. The maximum Gasteiger partial charge on any atom is 0.414 e. The fraction of sp³-hybridized carbons (Fsp3) is 0.500. The van der Waals surface area contributed by atoms with Crippen molar-refractivity contribution in [2.24, 2.45) is 0 Å². The number of Topliss-reactive ketones (excluding diaryl/α,β-unsaturated/α-hetero) is 1. The number of carbonyl (C=O) groups is 2. The molecular weight excluding hydrogens is 254 g/mol. The van der Waals surface area contributed by atoms with Crippen molar-refractivity contribution in [3.63, 3.8) is 0 Å². The summed E-state index contributed by atoms with van der Waals surface area (Å²) in [7, 11) is 0. The Morgan fingerprint density at radius 3 is 2.55 bits per heavy atom. The highest BCUT2D eigenvalue weighted by molar-refractivity contribution is 5.91. The molecule has 4 nitrogen and oxygen atoms in total. The van der Waals surface area contributed by atoms with E-state index < -0.39 is 5.60 Å². The van der Waals surface area contributed by atoms with Crippen LogP contribution in [0.4, 0.5) is 10.5 Å². The molecule has 0 saturated carbocycles. The van der Waals surface area contributed by atoms with Crippen molar-refractivity contribution in [1.82, 2.24) is 0 Å². The molecule has 20 heavy (non-hydrogen) atoms. The summed E-state index contributed by atoms with van der Waals surface area (Å²) < 4.78 is 5.43. The number of hydrogen-bond donors (Lipinski definition) is 0. The molecule has 1 aliphatic rings. The summed E-state index contributed by atoms with van der Waals surface area (Å²) in [6, 6.07) is 7.71. The standard InChI is InChI=1S/C16H21NO3/c1-11(18)9-12-10-17(15(19)20-16(2,3)4)14-8-6-5-7-13(12)14/h5-8,12H,9-10H2,1-4H3. The minimum Gasteiger partial charge on any atom is -0.443 e. The number of fused-ring (bicyclic) bond motifs is 1. The highest BCUT2D eigenvalue weighted by atomic mass is 16.6. The third-order valence-electron chi connectivity index (χ3n) is 3.22. The molecule has 1 heterocycles. The monoisotopic (exact) mass is 275 g/mol. The van der Waals surface area contributed by atoms with Crippen LogP contribution >= 0.6 is 0 Å². The van der Waals surface area contributed by atoms with E-state index in [1.54, 1.807) is 11.8 Å². The van der Waals surface area contributed by atoms with Crippen LogP contribution in [-0.2, 0) is 9.53 Å². The number of para-hydroxylation sites is 1. The molecule has 0 bridgehead atoms. The van der Waals surface area contributed by atoms with Crippen LogP contribution in [0.5, 0.6) is 0 Å². The fourth-order valence-electron chi connectivity index (χ4n) is 2.51. The Hall–Kier alpha value is -1.84. The van der Waals surface area contributed by atoms with Crippen molar-refractivity contribution in [2.75, 3.05) is 11.4 Å². The zero-order valence-electron chi connectivity index (χ0n) is 12.5. The summed E-state index contributed by atoms with van der Waals surface area (Å²) in [5, 5.41) is 0. The van der Waals surface area contributed by atoms with Crippen LogP contribution in [0.3, 0.4) is 0 Å². The van der Waals surface area contributed by atoms with Gasteiger partial charge in [0, 0.05) is 18.9 Å². The third-order valence-corrected chi connectivity index (χ3v) is 3.22. The van der Waals surface area contributed by atoms with Gasteiger partial charge < -0.3 is 9.53 Å². The van der Waals surface area contributed by atoms with Gasteiger partial charge in [-0.05, 0) is 39.3 Å². The lowest BCUT2D eigenvalue weighted by molar-refractivity contribution is -0.117. The maximum atomic E-state index is 12.3. The third kappa shape index (κ3) is 3.18. The predicted molar refractivity (Wildman–Crippen MR) is 78.1 cm³/mol. The molecular formula is C16H21NO3. The molecule has 1 atom stereocenters. The molecule has 0 saturated heterocycles. The molecule has 0 spiro atoms. The normalized spacial score (nSPS) is 17.8. The van der Waals surface area contributed by atoms with Gasteiger partial charge in [0.15, 0.2) is 0 Å². The molecule has 0 aromatic heterocycles. The van der Waals surface area contributed by atoms with E-state index >= 15 is 0 Å². The Morgan fingerprint density at radius 2 is 1.95 bits per heavy atom. The van der Waals surface area contributed by atoms with Gasteiger partial charge in [-0.3, -0.25) is 4.90 Å². The van der Waals surface area contributed by atoms with Gasteiger partial charge in [0.25, 0.3) is 0 Å². The van der Waals surface area contributed by atoms with Crippen LogP contribution in [0, 0.1) is 0 Å². The number of anilines is 1. The van der Waals surface area contributed by atoms with Crippen molar-refractivity contribution in [3.8, 4) is 0 Å². The first kappa shape index (κ1) is 14.6. The van der Waals surface area contributed by atoms with Gasteiger partial charge in [0.05, 0.1) is 5.69 Å². The Balaban J connectivity index is 2.25. The fourth-order valence-corrected chi connectivity index (χ4v) is 2.51. The Kier molecular flexibility index (Phi) is 3.84. The van der Waals surface area contributed by atoms with E-state index in [-0.39, 0.29) is 17.8 Å². The number of benzene rings is 1. The quantitative estimate of drug-likeness (QED) is 0.829. The Labute approximate surface area is 119 Å². The molecule has 1 aromatic carbocycles. The number of carbonyl (C=O) groups excluding carboxylic acids is 2. The van der Waals surface area contributed by atoms with Crippen LogP contribution in [0.25, 0.3) is 0 Å². The Morgan fingerprint density at radius 1 is 1.30 bits per heavy atom. The van der Waals surface area contributed by atoms with Gasteiger partial charge in [-0.1, -0.05) is 18.2 Å². The highest BCUT2D eigenvalue weighted by Crippen LogP contribution is 2.38. The van der Waals surface area contributed by atoms with Crippen molar-refractivity contribution in [1.29, 1.82) is 0 Å². The van der Waals surface area contributed by atoms with E-state index in [0.29, 0.717) is 13.0 Å². The van der Waals surface area contributed by atoms with Crippen molar-refractivity contribution in [3.05, 3.63) is 29.8 Å². The summed E-state index contributed by atoms with van der Waals surface area (Å²) >= 11 is 0. The molecule has 1 aromatic rings. The van der Waals surface area contributed by atoms with Crippen molar-refractivity contribution >= 4 is 17.6 Å². The minimum atomic E-state index is -0.523. The average molecular weight is 275 g/mol. The van der Waals surface area contributed by atoms with E-state index in [1.165, 1.54) is 0 Å². The summed E-state index contributed by atoms with van der Waals surface area (Å²) in [6.45, 7) is 7.63. The van der Waals surface area contributed by atoms with Crippen molar-refractivity contribution in [2.45, 2.75) is 45.6 Å². The van der Waals surface area contributed by atoms with E-state index in [0.717, 1.165) is 11.3 Å². The summed E-state index contributed by atoms with van der Waals surface area (Å²) in [5.41, 5.74) is 1.38. The van der Waals surface area contributed by atoms with Crippen LogP contribution in [0.15, 0.2) is 24.3 Å². The zero-order valence-corrected chi connectivity index (χ0v) is 12.5. The average Bonchev–Trinajstić information content (AvgIpc) is 2.66. The summed E-state index contributed by atoms with van der Waals surface area (Å²) in [6.07, 6.45) is 0.104. The lowest BCUT2D eigenvalue weighted by atomic mass is 9.96. The van der Waals surface area contributed by atoms with Crippen LogP contribution in [0.2, 0.25) is 0 Å². The molecule has 4 heteroatoms.